The van der Waals surface area contributed by atoms with Gasteiger partial charge in [0, 0.05) is 10.7 Å². The first kappa shape index (κ1) is 14.2. The van der Waals surface area contributed by atoms with Crippen molar-refractivity contribution in [2.75, 3.05) is 11.1 Å². The van der Waals surface area contributed by atoms with Crippen molar-refractivity contribution in [3.05, 3.63) is 57.6 Å². The van der Waals surface area contributed by atoms with Crippen molar-refractivity contribution in [3.8, 4) is 6.07 Å². The molecular formula is C14H9Cl2N3O. The van der Waals surface area contributed by atoms with E-state index in [1.165, 1.54) is 18.2 Å². The standard InChI is InChI=1S/C14H9Cl2N3O/c15-9-2-4-12(18)10(6-9)14(20)19-13-5-8(7-17)1-3-11(13)16/h1-6H,18H2,(H,19,20). The van der Waals surface area contributed by atoms with Crippen LogP contribution in [0.15, 0.2) is 36.4 Å². The van der Waals surface area contributed by atoms with Gasteiger partial charge in [-0.3, -0.25) is 4.79 Å². The maximum atomic E-state index is 12.1. The second kappa shape index (κ2) is 5.83. The summed E-state index contributed by atoms with van der Waals surface area (Å²) in [4.78, 5) is 12.1. The molecule has 0 unspecified atom stereocenters. The first-order chi connectivity index (χ1) is 9.51. The number of carbonyl (C=O) groups excluding carboxylic acids is 1. The maximum absolute atomic E-state index is 12.1. The summed E-state index contributed by atoms with van der Waals surface area (Å²) in [7, 11) is 0. The Morgan fingerprint density at radius 2 is 1.95 bits per heavy atom. The lowest BCUT2D eigenvalue weighted by atomic mass is 10.1. The van der Waals surface area contributed by atoms with E-state index >= 15 is 0 Å². The summed E-state index contributed by atoms with van der Waals surface area (Å²) in [5.74, 6) is -0.443. The molecule has 0 aliphatic carbocycles. The molecule has 0 fully saturated rings. The molecule has 1 amide bonds. The summed E-state index contributed by atoms with van der Waals surface area (Å²) in [6, 6.07) is 11.2. The van der Waals surface area contributed by atoms with Crippen molar-refractivity contribution in [2.45, 2.75) is 0 Å². The molecule has 0 heterocycles. The third-order valence-electron chi connectivity index (χ3n) is 2.60. The number of anilines is 2. The van der Waals surface area contributed by atoms with Crippen LogP contribution < -0.4 is 11.1 Å². The monoisotopic (exact) mass is 305 g/mol. The van der Waals surface area contributed by atoms with Crippen molar-refractivity contribution >= 4 is 40.5 Å². The van der Waals surface area contributed by atoms with Gasteiger partial charge in [-0.15, -0.1) is 0 Å². The molecule has 2 rings (SSSR count). The first-order valence-corrected chi connectivity index (χ1v) is 6.33. The molecule has 0 saturated heterocycles. The van der Waals surface area contributed by atoms with Gasteiger partial charge in [-0.2, -0.15) is 5.26 Å². The lowest BCUT2D eigenvalue weighted by molar-refractivity contribution is 0.102. The van der Waals surface area contributed by atoms with E-state index in [-0.39, 0.29) is 5.56 Å². The van der Waals surface area contributed by atoms with Crippen LogP contribution in [-0.4, -0.2) is 5.91 Å². The van der Waals surface area contributed by atoms with Crippen molar-refractivity contribution < 1.29 is 4.79 Å². The minimum absolute atomic E-state index is 0.246. The van der Waals surface area contributed by atoms with Crippen LogP contribution in [0.4, 0.5) is 11.4 Å². The zero-order valence-electron chi connectivity index (χ0n) is 10.2. The summed E-state index contributed by atoms with van der Waals surface area (Å²) >= 11 is 11.8. The Bertz CT molecular complexity index is 723. The molecule has 0 atom stereocenters. The number of rotatable bonds is 2. The molecule has 3 N–H and O–H groups in total. The number of nitrogens with zero attached hydrogens (tertiary/aromatic N) is 1. The van der Waals surface area contributed by atoms with Crippen LogP contribution in [0.1, 0.15) is 15.9 Å². The molecule has 4 nitrogen and oxygen atoms in total. The highest BCUT2D eigenvalue weighted by Gasteiger charge is 2.12. The van der Waals surface area contributed by atoms with Crippen molar-refractivity contribution in [1.82, 2.24) is 0 Å². The maximum Gasteiger partial charge on any atom is 0.257 e. The molecule has 0 radical (unpaired) electrons. The second-order valence-corrected chi connectivity index (χ2v) is 4.84. The van der Waals surface area contributed by atoms with Gasteiger partial charge < -0.3 is 11.1 Å². The predicted molar refractivity (Wildman–Crippen MR) is 80.0 cm³/mol. The molecule has 20 heavy (non-hydrogen) atoms. The molecule has 0 bridgehead atoms. The van der Waals surface area contributed by atoms with Crippen LogP contribution in [0.25, 0.3) is 0 Å². The Morgan fingerprint density at radius 1 is 1.20 bits per heavy atom. The van der Waals surface area contributed by atoms with E-state index in [0.29, 0.717) is 27.0 Å². The van der Waals surface area contributed by atoms with Crippen molar-refractivity contribution in [3.63, 3.8) is 0 Å². The zero-order valence-corrected chi connectivity index (χ0v) is 11.7. The largest absolute Gasteiger partial charge is 0.398 e. The smallest absolute Gasteiger partial charge is 0.257 e. The first-order valence-electron chi connectivity index (χ1n) is 5.57. The Labute approximate surface area is 125 Å². The number of nitriles is 1. The molecule has 2 aromatic carbocycles. The molecule has 6 heteroatoms. The van der Waals surface area contributed by atoms with Crippen LogP contribution in [0.5, 0.6) is 0 Å². The number of carbonyl (C=O) groups is 1. The summed E-state index contributed by atoms with van der Waals surface area (Å²) in [5, 5.41) is 12.2. The average Bonchev–Trinajstić information content (AvgIpc) is 2.43. The highest BCUT2D eigenvalue weighted by atomic mass is 35.5. The highest BCUT2D eigenvalue weighted by molar-refractivity contribution is 6.34. The van der Waals surface area contributed by atoms with Crippen LogP contribution in [-0.2, 0) is 0 Å². The molecule has 100 valence electrons. The molecule has 0 saturated carbocycles. The number of amides is 1. The van der Waals surface area contributed by atoms with E-state index in [4.69, 9.17) is 34.2 Å². The van der Waals surface area contributed by atoms with E-state index in [2.05, 4.69) is 5.32 Å². The lowest BCUT2D eigenvalue weighted by Gasteiger charge is -2.09. The highest BCUT2D eigenvalue weighted by Crippen LogP contribution is 2.25. The number of nitrogens with one attached hydrogen (secondary N) is 1. The molecule has 0 aromatic heterocycles. The number of benzene rings is 2. The minimum atomic E-state index is -0.443. The molecule has 0 spiro atoms. The number of halogens is 2. The van der Waals surface area contributed by atoms with Crippen molar-refractivity contribution in [1.29, 1.82) is 5.26 Å². The third kappa shape index (κ3) is 3.02. The van der Waals surface area contributed by atoms with Gasteiger partial charge in [0.05, 0.1) is 27.9 Å². The van der Waals surface area contributed by atoms with Crippen LogP contribution in [0.2, 0.25) is 10.0 Å². The van der Waals surface area contributed by atoms with Gasteiger partial charge in [-0.05, 0) is 36.4 Å². The summed E-state index contributed by atoms with van der Waals surface area (Å²) in [6.07, 6.45) is 0. The Kier molecular flexibility index (Phi) is 4.14. The van der Waals surface area contributed by atoms with E-state index in [0.717, 1.165) is 0 Å². The minimum Gasteiger partial charge on any atom is -0.398 e. The van der Waals surface area contributed by atoms with Gasteiger partial charge in [0.2, 0.25) is 0 Å². The molecule has 0 aliphatic rings. The normalized spacial score (nSPS) is 9.85. The summed E-state index contributed by atoms with van der Waals surface area (Å²) in [6.45, 7) is 0. The quantitative estimate of drug-likeness (QED) is 0.830. The van der Waals surface area contributed by atoms with Crippen LogP contribution in [0, 0.1) is 11.3 Å². The van der Waals surface area contributed by atoms with Gasteiger partial charge >= 0.3 is 0 Å². The molecular weight excluding hydrogens is 297 g/mol. The fraction of sp³-hybridized carbons (Fsp3) is 0. The zero-order chi connectivity index (χ0) is 14.7. The van der Waals surface area contributed by atoms with E-state index in [1.54, 1.807) is 18.2 Å². The van der Waals surface area contributed by atoms with E-state index in [9.17, 15) is 4.79 Å². The van der Waals surface area contributed by atoms with E-state index in [1.807, 2.05) is 6.07 Å². The fourth-order valence-electron chi connectivity index (χ4n) is 1.61. The topological polar surface area (TPSA) is 78.9 Å². The second-order valence-electron chi connectivity index (χ2n) is 3.99. The van der Waals surface area contributed by atoms with Crippen molar-refractivity contribution in [2.24, 2.45) is 0 Å². The van der Waals surface area contributed by atoms with E-state index < -0.39 is 5.91 Å². The lowest BCUT2D eigenvalue weighted by Crippen LogP contribution is -2.14. The third-order valence-corrected chi connectivity index (χ3v) is 3.17. The predicted octanol–water partition coefficient (Wildman–Crippen LogP) is 3.70. The van der Waals surface area contributed by atoms with Crippen LogP contribution in [0.3, 0.4) is 0 Å². The average molecular weight is 306 g/mol. The van der Waals surface area contributed by atoms with Crippen LogP contribution >= 0.6 is 23.2 Å². The van der Waals surface area contributed by atoms with Gasteiger partial charge in [-0.1, -0.05) is 23.2 Å². The summed E-state index contributed by atoms with van der Waals surface area (Å²) in [5.41, 5.74) is 7.02. The Hall–Kier alpha value is -2.22. The van der Waals surface area contributed by atoms with Gasteiger partial charge in [0.25, 0.3) is 5.91 Å². The summed E-state index contributed by atoms with van der Waals surface area (Å²) < 4.78 is 0. The number of hydrogen-bond donors (Lipinski definition) is 2. The Balaban J connectivity index is 2.33. The fourth-order valence-corrected chi connectivity index (χ4v) is 1.94. The number of nitrogens with two attached hydrogens (primary N) is 1. The SMILES string of the molecule is N#Cc1ccc(Cl)c(NC(=O)c2cc(Cl)ccc2N)c1. The number of hydrogen-bond acceptors (Lipinski definition) is 3. The van der Waals surface area contributed by atoms with Gasteiger partial charge in [0.15, 0.2) is 0 Å². The number of nitrogen functional groups attached to an aromatic ring is 1. The van der Waals surface area contributed by atoms with Gasteiger partial charge in [-0.25, -0.2) is 0 Å². The molecule has 2 aromatic rings. The Morgan fingerprint density at radius 3 is 2.65 bits per heavy atom. The molecule has 0 aliphatic heterocycles. The van der Waals surface area contributed by atoms with Gasteiger partial charge in [0.1, 0.15) is 0 Å².